The number of hydrogen-bond acceptors (Lipinski definition) is 4. The smallest absolute Gasteiger partial charge is 0.200 e. The molecule has 1 aromatic heterocycles. The van der Waals surface area contributed by atoms with Crippen molar-refractivity contribution in [2.24, 2.45) is 0 Å². The van der Waals surface area contributed by atoms with E-state index in [9.17, 15) is 4.79 Å². The molecule has 4 nitrogen and oxygen atoms in total. The summed E-state index contributed by atoms with van der Waals surface area (Å²) in [5.74, 6) is 0. The molecule has 0 spiro atoms. The molecule has 0 amide bonds. The number of nitrogens with zero attached hydrogens (tertiary/aromatic N) is 1. The van der Waals surface area contributed by atoms with Crippen LogP contribution in [0.25, 0.3) is 10.9 Å². The Bertz CT molecular complexity index is 535. The number of benzene rings is 1. The molecule has 0 aliphatic rings. The number of carbonyl (C=O) groups is 1. The van der Waals surface area contributed by atoms with Crippen LogP contribution in [0.5, 0.6) is 0 Å². The van der Waals surface area contributed by atoms with Crippen LogP contribution in [0, 0.1) is 0 Å². The van der Waals surface area contributed by atoms with Gasteiger partial charge in [0.1, 0.15) is 6.29 Å². The van der Waals surface area contributed by atoms with E-state index in [-0.39, 0.29) is 0 Å². The zero-order chi connectivity index (χ0) is 12.3. The molecule has 0 bridgehead atoms. The lowest BCUT2D eigenvalue weighted by Crippen LogP contribution is -2.05. The van der Waals surface area contributed by atoms with Crippen LogP contribution in [0.1, 0.15) is 22.3 Å². The average molecular weight is 231 g/mol. The van der Waals surface area contributed by atoms with Gasteiger partial charge in [-0.3, -0.25) is 4.79 Å². The van der Waals surface area contributed by atoms with E-state index < -0.39 is 6.29 Å². The summed E-state index contributed by atoms with van der Waals surface area (Å²) in [6.45, 7) is 0. The normalized spacial score (nSPS) is 11.0. The van der Waals surface area contributed by atoms with Gasteiger partial charge in [0, 0.05) is 25.2 Å². The summed E-state index contributed by atoms with van der Waals surface area (Å²) in [4.78, 5) is 15.1. The minimum Gasteiger partial charge on any atom is -0.350 e. The maximum absolute atomic E-state index is 10.7. The Labute approximate surface area is 99.2 Å². The number of fused-ring (bicyclic) bond motifs is 1. The third-order valence-electron chi connectivity index (χ3n) is 2.54. The zero-order valence-electron chi connectivity index (χ0n) is 9.71. The van der Waals surface area contributed by atoms with Crippen molar-refractivity contribution in [1.82, 2.24) is 4.98 Å². The van der Waals surface area contributed by atoms with Crippen molar-refractivity contribution in [3.05, 3.63) is 41.6 Å². The van der Waals surface area contributed by atoms with Crippen molar-refractivity contribution in [1.29, 1.82) is 0 Å². The number of pyridine rings is 1. The predicted octanol–water partition coefficient (Wildman–Crippen LogP) is 2.34. The highest BCUT2D eigenvalue weighted by atomic mass is 16.7. The average Bonchev–Trinajstić information content (AvgIpc) is 2.39. The highest BCUT2D eigenvalue weighted by Crippen LogP contribution is 2.20. The van der Waals surface area contributed by atoms with E-state index in [2.05, 4.69) is 4.98 Å². The van der Waals surface area contributed by atoms with Gasteiger partial charge in [0.15, 0.2) is 0 Å². The molecule has 1 aromatic carbocycles. The molecule has 2 aromatic rings. The predicted molar refractivity (Wildman–Crippen MR) is 63.9 cm³/mol. The van der Waals surface area contributed by atoms with Gasteiger partial charge < -0.3 is 9.47 Å². The van der Waals surface area contributed by atoms with Crippen LogP contribution in [0.15, 0.2) is 30.3 Å². The lowest BCUT2D eigenvalue weighted by atomic mass is 10.1. The molecule has 0 atom stereocenters. The lowest BCUT2D eigenvalue weighted by molar-refractivity contribution is -0.108. The third kappa shape index (κ3) is 2.33. The third-order valence-corrected chi connectivity index (χ3v) is 2.54. The molecule has 17 heavy (non-hydrogen) atoms. The van der Waals surface area contributed by atoms with Gasteiger partial charge in [-0.1, -0.05) is 6.07 Å². The molecule has 0 saturated heterocycles. The quantitative estimate of drug-likeness (QED) is 0.598. The van der Waals surface area contributed by atoms with E-state index in [1.165, 1.54) is 0 Å². The molecule has 0 unspecified atom stereocenters. The summed E-state index contributed by atoms with van der Waals surface area (Å²) in [7, 11) is 3.13. The van der Waals surface area contributed by atoms with Gasteiger partial charge in [-0.15, -0.1) is 0 Å². The Morgan fingerprint density at radius 2 is 1.94 bits per heavy atom. The second-order valence-electron chi connectivity index (χ2n) is 3.61. The van der Waals surface area contributed by atoms with E-state index in [0.29, 0.717) is 11.3 Å². The van der Waals surface area contributed by atoms with E-state index in [1.807, 2.05) is 18.2 Å². The van der Waals surface area contributed by atoms with Gasteiger partial charge in [-0.25, -0.2) is 4.98 Å². The number of aromatic nitrogens is 1. The fraction of sp³-hybridized carbons (Fsp3) is 0.231. The summed E-state index contributed by atoms with van der Waals surface area (Å²) in [6, 6.07) is 9.07. The number of hydrogen-bond donors (Lipinski definition) is 0. The summed E-state index contributed by atoms with van der Waals surface area (Å²) in [5.41, 5.74) is 2.16. The molecule has 0 aliphatic carbocycles. The van der Waals surface area contributed by atoms with E-state index in [4.69, 9.17) is 9.47 Å². The second-order valence-corrected chi connectivity index (χ2v) is 3.61. The molecular weight excluding hydrogens is 218 g/mol. The first kappa shape index (κ1) is 11.7. The number of rotatable bonds is 4. The van der Waals surface area contributed by atoms with Crippen molar-refractivity contribution in [3.8, 4) is 0 Å². The van der Waals surface area contributed by atoms with Gasteiger partial charge >= 0.3 is 0 Å². The van der Waals surface area contributed by atoms with Gasteiger partial charge in [0.25, 0.3) is 0 Å². The van der Waals surface area contributed by atoms with E-state index >= 15 is 0 Å². The summed E-state index contributed by atoms with van der Waals surface area (Å²) >= 11 is 0. The largest absolute Gasteiger partial charge is 0.350 e. The first-order valence-corrected chi connectivity index (χ1v) is 5.20. The van der Waals surface area contributed by atoms with E-state index in [0.717, 1.165) is 17.2 Å². The maximum atomic E-state index is 10.7. The molecule has 2 rings (SSSR count). The van der Waals surface area contributed by atoms with Crippen LogP contribution in [0.2, 0.25) is 0 Å². The SMILES string of the molecule is COC(OC)c1ccc2cc(C=O)ccc2n1. The minimum absolute atomic E-state index is 0.467. The molecule has 0 aliphatic heterocycles. The van der Waals surface area contributed by atoms with Crippen LogP contribution in [0.3, 0.4) is 0 Å². The Balaban J connectivity index is 2.47. The Morgan fingerprint density at radius 3 is 2.59 bits per heavy atom. The number of methoxy groups -OCH3 is 2. The van der Waals surface area contributed by atoms with Crippen molar-refractivity contribution in [2.45, 2.75) is 6.29 Å². The van der Waals surface area contributed by atoms with Gasteiger partial charge in [0.05, 0.1) is 11.2 Å². The lowest BCUT2D eigenvalue weighted by Gasteiger charge is -2.13. The van der Waals surface area contributed by atoms with Crippen molar-refractivity contribution >= 4 is 17.2 Å². The number of ether oxygens (including phenoxy) is 2. The van der Waals surface area contributed by atoms with Crippen molar-refractivity contribution in [2.75, 3.05) is 14.2 Å². The Morgan fingerprint density at radius 1 is 1.18 bits per heavy atom. The monoisotopic (exact) mass is 231 g/mol. The minimum atomic E-state index is -0.467. The summed E-state index contributed by atoms with van der Waals surface area (Å²) < 4.78 is 10.3. The van der Waals surface area contributed by atoms with Crippen LogP contribution in [0.4, 0.5) is 0 Å². The number of carbonyl (C=O) groups excluding carboxylic acids is 1. The molecule has 0 fully saturated rings. The highest BCUT2D eigenvalue weighted by molar-refractivity contribution is 5.86. The molecule has 0 saturated carbocycles. The van der Waals surface area contributed by atoms with Crippen LogP contribution in [-0.2, 0) is 9.47 Å². The molecule has 0 N–H and O–H groups in total. The standard InChI is InChI=1S/C13H13NO3/c1-16-13(17-2)12-6-4-10-7-9(8-15)3-5-11(10)14-12/h3-8,13H,1-2H3. The van der Waals surface area contributed by atoms with Gasteiger partial charge in [-0.2, -0.15) is 0 Å². The fourth-order valence-corrected chi connectivity index (χ4v) is 1.70. The van der Waals surface area contributed by atoms with Gasteiger partial charge in [0.2, 0.25) is 6.29 Å². The van der Waals surface area contributed by atoms with Crippen molar-refractivity contribution < 1.29 is 14.3 Å². The zero-order valence-corrected chi connectivity index (χ0v) is 9.71. The summed E-state index contributed by atoms with van der Waals surface area (Å²) in [5, 5.41) is 0.921. The second kappa shape index (κ2) is 5.03. The van der Waals surface area contributed by atoms with Crippen LogP contribution < -0.4 is 0 Å². The first-order chi connectivity index (χ1) is 8.28. The number of aldehydes is 1. The highest BCUT2D eigenvalue weighted by Gasteiger charge is 2.10. The van der Waals surface area contributed by atoms with Crippen LogP contribution in [-0.4, -0.2) is 25.5 Å². The first-order valence-electron chi connectivity index (χ1n) is 5.20. The Kier molecular flexibility index (Phi) is 3.46. The van der Waals surface area contributed by atoms with Crippen molar-refractivity contribution in [3.63, 3.8) is 0 Å². The fourth-order valence-electron chi connectivity index (χ4n) is 1.70. The van der Waals surface area contributed by atoms with E-state index in [1.54, 1.807) is 26.4 Å². The molecular formula is C13H13NO3. The summed E-state index contributed by atoms with van der Waals surface area (Å²) in [6.07, 6.45) is 0.352. The van der Waals surface area contributed by atoms with Gasteiger partial charge in [-0.05, 0) is 24.3 Å². The molecule has 88 valence electrons. The maximum Gasteiger partial charge on any atom is 0.200 e. The Hall–Kier alpha value is -1.78. The van der Waals surface area contributed by atoms with Crippen LogP contribution >= 0.6 is 0 Å². The molecule has 1 heterocycles. The topological polar surface area (TPSA) is 48.4 Å². The molecule has 0 radical (unpaired) electrons. The molecule has 4 heteroatoms.